The van der Waals surface area contributed by atoms with Crippen molar-refractivity contribution in [3.05, 3.63) is 59.7 Å². The number of amides is 1. The van der Waals surface area contributed by atoms with E-state index in [1.165, 1.54) is 42.5 Å². The van der Waals surface area contributed by atoms with Crippen molar-refractivity contribution in [2.45, 2.75) is 24.7 Å². The van der Waals surface area contributed by atoms with Gasteiger partial charge in [-0.3, -0.25) is 4.79 Å². The summed E-state index contributed by atoms with van der Waals surface area (Å²) in [5.41, 5.74) is -0.715. The predicted octanol–water partition coefficient (Wildman–Crippen LogP) is 5.39. The second kappa shape index (κ2) is 7.37. The highest BCUT2D eigenvalue weighted by Gasteiger charge is 2.48. The summed E-state index contributed by atoms with van der Waals surface area (Å²) >= 11 is 0. The van der Waals surface area contributed by atoms with Gasteiger partial charge in [0, 0.05) is 5.92 Å². The summed E-state index contributed by atoms with van der Waals surface area (Å²) in [6.45, 7) is -1.52. The number of benzene rings is 2. The zero-order chi connectivity index (χ0) is 20.5. The fourth-order valence-electron chi connectivity index (χ4n) is 2.99. The molecule has 1 saturated carbocycles. The van der Waals surface area contributed by atoms with Crippen molar-refractivity contribution in [3.8, 4) is 5.75 Å². The molecular weight excluding hydrogens is 388 g/mol. The smallest absolute Gasteiger partial charge is 0.422 e. The van der Waals surface area contributed by atoms with Gasteiger partial charge in [-0.15, -0.1) is 0 Å². The maximum atomic E-state index is 13.1. The van der Waals surface area contributed by atoms with Gasteiger partial charge in [0.05, 0.1) is 11.3 Å². The molecule has 0 spiro atoms. The maximum Gasteiger partial charge on any atom is 0.422 e. The monoisotopic (exact) mass is 403 g/mol. The first-order valence-electron chi connectivity index (χ1n) is 8.32. The predicted molar refractivity (Wildman–Crippen MR) is 88.9 cm³/mol. The summed E-state index contributed by atoms with van der Waals surface area (Å²) in [5, 5.41) is 2.45. The van der Waals surface area contributed by atoms with E-state index < -0.39 is 42.3 Å². The van der Waals surface area contributed by atoms with E-state index in [0.29, 0.717) is 0 Å². The molecule has 2 aromatic carbocycles. The van der Waals surface area contributed by atoms with E-state index in [1.807, 2.05) is 0 Å². The topological polar surface area (TPSA) is 38.3 Å². The molecule has 0 heterocycles. The number of nitrogens with one attached hydrogen (secondary N) is 1. The fraction of sp³-hybridized carbons (Fsp3) is 0.316. The molecule has 1 fully saturated rings. The van der Waals surface area contributed by atoms with Crippen LogP contribution in [0.25, 0.3) is 0 Å². The van der Waals surface area contributed by atoms with Crippen LogP contribution in [0, 0.1) is 5.92 Å². The molecule has 2 aromatic rings. The van der Waals surface area contributed by atoms with Gasteiger partial charge < -0.3 is 10.1 Å². The van der Waals surface area contributed by atoms with Crippen LogP contribution in [0.4, 0.5) is 32.0 Å². The number of alkyl halides is 6. The van der Waals surface area contributed by atoms with Crippen LogP contribution in [0.3, 0.4) is 0 Å². The molecule has 0 aromatic heterocycles. The Balaban J connectivity index is 1.70. The molecular formula is C19H15F6NO2. The van der Waals surface area contributed by atoms with Crippen LogP contribution in [0.2, 0.25) is 0 Å². The SMILES string of the molecule is O=C(Nc1ccccc1OCC(F)(F)F)C1CC1c1ccccc1C(F)(F)F. The molecule has 150 valence electrons. The third-order valence-electron chi connectivity index (χ3n) is 4.33. The Hall–Kier alpha value is -2.71. The molecule has 1 aliphatic carbocycles. The first-order chi connectivity index (χ1) is 13.1. The minimum absolute atomic E-state index is 0.0338. The zero-order valence-electron chi connectivity index (χ0n) is 14.3. The Morgan fingerprint density at radius 3 is 2.32 bits per heavy atom. The van der Waals surface area contributed by atoms with Crippen molar-refractivity contribution >= 4 is 11.6 Å². The lowest BCUT2D eigenvalue weighted by Gasteiger charge is -2.14. The van der Waals surface area contributed by atoms with Gasteiger partial charge in [0.1, 0.15) is 5.75 Å². The molecule has 0 bridgehead atoms. The molecule has 3 nitrogen and oxygen atoms in total. The molecule has 3 rings (SSSR count). The van der Waals surface area contributed by atoms with Crippen LogP contribution >= 0.6 is 0 Å². The van der Waals surface area contributed by atoms with Gasteiger partial charge in [-0.1, -0.05) is 30.3 Å². The number of hydrogen-bond donors (Lipinski definition) is 1. The normalized spacial score (nSPS) is 19.2. The largest absolute Gasteiger partial charge is 0.482 e. The standard InChI is InChI=1S/C19H15F6NO2/c20-18(21,22)10-28-16-8-4-3-7-15(16)26-17(27)13-9-12(13)11-5-1-2-6-14(11)19(23,24)25/h1-8,12-13H,9-10H2,(H,26,27). The Bertz CT molecular complexity index is 862. The van der Waals surface area contributed by atoms with E-state index in [2.05, 4.69) is 10.1 Å². The van der Waals surface area contributed by atoms with Gasteiger partial charge in [0.2, 0.25) is 5.91 Å². The maximum absolute atomic E-state index is 13.1. The third kappa shape index (κ3) is 4.76. The van der Waals surface area contributed by atoms with Crippen LogP contribution in [0.1, 0.15) is 23.5 Å². The summed E-state index contributed by atoms with van der Waals surface area (Å²) in [5.74, 6) is -2.02. The zero-order valence-corrected chi connectivity index (χ0v) is 14.3. The average molecular weight is 403 g/mol. The van der Waals surface area contributed by atoms with Gasteiger partial charge in [-0.2, -0.15) is 26.3 Å². The highest BCUT2D eigenvalue weighted by Crippen LogP contribution is 2.51. The summed E-state index contributed by atoms with van der Waals surface area (Å²) in [6.07, 6.45) is -8.84. The van der Waals surface area contributed by atoms with E-state index in [-0.39, 0.29) is 23.4 Å². The number of carbonyl (C=O) groups is 1. The van der Waals surface area contributed by atoms with Crippen molar-refractivity contribution in [1.29, 1.82) is 0 Å². The van der Waals surface area contributed by atoms with Crippen molar-refractivity contribution in [2.75, 3.05) is 11.9 Å². The molecule has 1 amide bonds. The van der Waals surface area contributed by atoms with Gasteiger partial charge in [0.25, 0.3) is 0 Å². The van der Waals surface area contributed by atoms with E-state index in [1.54, 1.807) is 0 Å². The highest BCUT2D eigenvalue weighted by molar-refractivity contribution is 5.96. The van der Waals surface area contributed by atoms with Crippen molar-refractivity contribution in [2.24, 2.45) is 5.92 Å². The summed E-state index contributed by atoms with van der Waals surface area (Å²) in [6, 6.07) is 10.6. The Morgan fingerprint density at radius 1 is 1.00 bits per heavy atom. The molecule has 9 heteroatoms. The lowest BCUT2D eigenvalue weighted by Crippen LogP contribution is -2.21. The van der Waals surface area contributed by atoms with Crippen LogP contribution in [0.5, 0.6) is 5.75 Å². The number of ether oxygens (including phenoxy) is 1. The second-order valence-electron chi connectivity index (χ2n) is 6.42. The van der Waals surface area contributed by atoms with Crippen LogP contribution < -0.4 is 10.1 Å². The summed E-state index contributed by atoms with van der Waals surface area (Å²) in [7, 11) is 0. The Kier molecular flexibility index (Phi) is 5.27. The average Bonchev–Trinajstić information content (AvgIpc) is 3.40. The second-order valence-corrected chi connectivity index (χ2v) is 6.42. The van der Waals surface area contributed by atoms with Crippen LogP contribution in [-0.4, -0.2) is 18.7 Å². The first-order valence-corrected chi connectivity index (χ1v) is 8.32. The molecule has 1 N–H and O–H groups in total. The number of carbonyl (C=O) groups excluding carboxylic acids is 1. The molecule has 0 aliphatic heterocycles. The summed E-state index contributed by atoms with van der Waals surface area (Å²) < 4.78 is 81.1. The van der Waals surface area contributed by atoms with Crippen LogP contribution in [-0.2, 0) is 11.0 Å². The number of rotatable bonds is 5. The number of halogens is 6. The molecule has 2 unspecified atom stereocenters. The van der Waals surface area contributed by atoms with Gasteiger partial charge in [-0.05, 0) is 36.1 Å². The van der Waals surface area contributed by atoms with Gasteiger partial charge >= 0.3 is 12.4 Å². The van der Waals surface area contributed by atoms with E-state index in [9.17, 15) is 31.1 Å². The van der Waals surface area contributed by atoms with E-state index >= 15 is 0 Å². The van der Waals surface area contributed by atoms with Crippen molar-refractivity contribution in [1.82, 2.24) is 0 Å². The Labute approximate surface area is 156 Å². The Morgan fingerprint density at radius 2 is 1.64 bits per heavy atom. The van der Waals surface area contributed by atoms with Gasteiger partial charge in [-0.25, -0.2) is 0 Å². The molecule has 0 saturated heterocycles. The number of hydrogen-bond acceptors (Lipinski definition) is 2. The van der Waals surface area contributed by atoms with E-state index in [0.717, 1.165) is 6.07 Å². The lowest BCUT2D eigenvalue weighted by molar-refractivity contribution is -0.153. The molecule has 1 aliphatic rings. The minimum Gasteiger partial charge on any atom is -0.482 e. The van der Waals surface area contributed by atoms with Crippen molar-refractivity contribution < 1.29 is 35.9 Å². The van der Waals surface area contributed by atoms with Gasteiger partial charge in [0.15, 0.2) is 6.61 Å². The lowest BCUT2D eigenvalue weighted by atomic mass is 10.0. The first kappa shape index (κ1) is 20.0. The molecule has 28 heavy (non-hydrogen) atoms. The van der Waals surface area contributed by atoms with Crippen molar-refractivity contribution in [3.63, 3.8) is 0 Å². The number of anilines is 1. The minimum atomic E-state index is -4.54. The third-order valence-corrected chi connectivity index (χ3v) is 4.33. The quantitative estimate of drug-likeness (QED) is 0.680. The van der Waals surface area contributed by atoms with E-state index in [4.69, 9.17) is 0 Å². The molecule has 2 atom stereocenters. The van der Waals surface area contributed by atoms with Crippen LogP contribution in [0.15, 0.2) is 48.5 Å². The fourth-order valence-corrected chi connectivity index (χ4v) is 2.99. The molecule has 0 radical (unpaired) electrons. The highest BCUT2D eigenvalue weighted by atomic mass is 19.4. The summed E-state index contributed by atoms with van der Waals surface area (Å²) in [4.78, 5) is 12.4. The number of para-hydroxylation sites is 2.